The van der Waals surface area contributed by atoms with Crippen LogP contribution in [0.15, 0.2) is 91.0 Å². The van der Waals surface area contributed by atoms with E-state index in [1.54, 1.807) is 12.1 Å². The van der Waals surface area contributed by atoms with Crippen molar-refractivity contribution < 1.29 is 9.59 Å². The molecule has 3 rings (SSSR count). The lowest BCUT2D eigenvalue weighted by atomic mass is 9.97. The second-order valence-corrected chi connectivity index (χ2v) is 6.30. The third kappa shape index (κ3) is 5.54. The summed E-state index contributed by atoms with van der Waals surface area (Å²) in [6.07, 6.45) is 0.347. The zero-order chi connectivity index (χ0) is 18.9. The lowest BCUT2D eigenvalue weighted by molar-refractivity contribution is -0.132. The molecule has 0 aliphatic heterocycles. The van der Waals surface area contributed by atoms with Crippen LogP contribution in [0.2, 0.25) is 0 Å². The molecule has 2 amide bonds. The van der Waals surface area contributed by atoms with Gasteiger partial charge in [0.05, 0.1) is 0 Å². The minimum absolute atomic E-state index is 0.281. The highest BCUT2D eigenvalue weighted by molar-refractivity contribution is 6.06. The van der Waals surface area contributed by atoms with E-state index >= 15 is 0 Å². The van der Waals surface area contributed by atoms with Crippen LogP contribution in [0.25, 0.3) is 0 Å². The van der Waals surface area contributed by atoms with Crippen molar-refractivity contribution in [2.24, 2.45) is 5.92 Å². The van der Waals surface area contributed by atoms with Crippen LogP contribution >= 0.6 is 0 Å². The van der Waals surface area contributed by atoms with Crippen molar-refractivity contribution in [1.82, 2.24) is 5.32 Å². The highest BCUT2D eigenvalue weighted by Gasteiger charge is 2.27. The fraction of sp³-hybridized carbons (Fsp3) is 0.130. The Morgan fingerprint density at radius 2 is 1.19 bits per heavy atom. The summed E-state index contributed by atoms with van der Waals surface area (Å²) in [5, 5.41) is 5.73. The number of carbonyl (C=O) groups is 2. The Kier molecular flexibility index (Phi) is 6.36. The predicted octanol–water partition coefficient (Wildman–Crippen LogP) is 3.80. The first-order valence-electron chi connectivity index (χ1n) is 8.94. The average molecular weight is 358 g/mol. The van der Waals surface area contributed by atoms with Crippen molar-refractivity contribution in [2.75, 3.05) is 5.32 Å². The Labute approximate surface area is 159 Å². The first-order valence-corrected chi connectivity index (χ1v) is 8.94. The van der Waals surface area contributed by atoms with Gasteiger partial charge >= 0.3 is 0 Å². The summed E-state index contributed by atoms with van der Waals surface area (Å²) in [7, 11) is 0. The molecule has 3 aromatic carbocycles. The van der Waals surface area contributed by atoms with Gasteiger partial charge in [0.15, 0.2) is 0 Å². The van der Waals surface area contributed by atoms with E-state index in [1.165, 1.54) is 0 Å². The largest absolute Gasteiger partial charge is 0.351 e. The van der Waals surface area contributed by atoms with Crippen molar-refractivity contribution in [2.45, 2.75) is 13.0 Å². The molecule has 0 aliphatic carbocycles. The summed E-state index contributed by atoms with van der Waals surface area (Å²) in [5.41, 5.74) is 2.62. The molecule has 4 nitrogen and oxygen atoms in total. The topological polar surface area (TPSA) is 58.2 Å². The number of hydrogen-bond acceptors (Lipinski definition) is 2. The molecule has 0 aliphatic rings. The molecule has 1 unspecified atom stereocenters. The van der Waals surface area contributed by atoms with Crippen LogP contribution in [-0.2, 0) is 22.6 Å². The molecule has 2 N–H and O–H groups in total. The zero-order valence-corrected chi connectivity index (χ0v) is 15.0. The normalized spacial score (nSPS) is 11.4. The van der Waals surface area contributed by atoms with E-state index < -0.39 is 5.92 Å². The Morgan fingerprint density at radius 1 is 0.667 bits per heavy atom. The van der Waals surface area contributed by atoms with Crippen LogP contribution in [0.1, 0.15) is 11.1 Å². The summed E-state index contributed by atoms with van der Waals surface area (Å²) in [6, 6.07) is 28.4. The average Bonchev–Trinajstić information content (AvgIpc) is 2.72. The fourth-order valence-corrected chi connectivity index (χ4v) is 2.81. The van der Waals surface area contributed by atoms with Crippen molar-refractivity contribution in [3.8, 4) is 0 Å². The second-order valence-electron chi connectivity index (χ2n) is 6.30. The maximum absolute atomic E-state index is 12.8. The summed E-state index contributed by atoms with van der Waals surface area (Å²) in [6.45, 7) is 0.392. The third-order valence-electron chi connectivity index (χ3n) is 4.27. The van der Waals surface area contributed by atoms with Gasteiger partial charge in [-0.25, -0.2) is 0 Å². The number of rotatable bonds is 7. The van der Waals surface area contributed by atoms with Gasteiger partial charge in [-0.05, 0) is 29.7 Å². The van der Waals surface area contributed by atoms with Gasteiger partial charge in [0, 0.05) is 12.2 Å². The third-order valence-corrected chi connectivity index (χ3v) is 4.27. The molecule has 4 heteroatoms. The maximum Gasteiger partial charge on any atom is 0.237 e. The second kappa shape index (κ2) is 9.34. The molecule has 1 atom stereocenters. The molecule has 0 saturated carbocycles. The quantitative estimate of drug-likeness (QED) is 0.631. The SMILES string of the molecule is O=C(NCc1ccccc1)C(Cc1ccccc1)C(=O)Nc1ccccc1. The van der Waals surface area contributed by atoms with Crippen molar-refractivity contribution in [3.05, 3.63) is 102 Å². The van der Waals surface area contributed by atoms with Gasteiger partial charge in [-0.15, -0.1) is 0 Å². The number of amides is 2. The molecule has 0 bridgehead atoms. The highest BCUT2D eigenvalue weighted by Crippen LogP contribution is 2.14. The van der Waals surface area contributed by atoms with Crippen LogP contribution in [0.4, 0.5) is 5.69 Å². The predicted molar refractivity (Wildman–Crippen MR) is 107 cm³/mol. The molecular weight excluding hydrogens is 336 g/mol. The van der Waals surface area contributed by atoms with E-state index in [-0.39, 0.29) is 11.8 Å². The van der Waals surface area contributed by atoms with Crippen LogP contribution in [-0.4, -0.2) is 11.8 Å². The zero-order valence-electron chi connectivity index (χ0n) is 15.0. The summed E-state index contributed by atoms with van der Waals surface area (Å²) < 4.78 is 0. The standard InChI is InChI=1S/C23H22N2O2/c26-22(24-17-19-12-6-2-7-13-19)21(16-18-10-4-1-5-11-18)23(27)25-20-14-8-3-9-15-20/h1-15,21H,16-17H2,(H,24,26)(H,25,27). The fourth-order valence-electron chi connectivity index (χ4n) is 2.81. The smallest absolute Gasteiger partial charge is 0.237 e. The van der Waals surface area contributed by atoms with Crippen LogP contribution in [0, 0.1) is 5.92 Å². The van der Waals surface area contributed by atoms with Gasteiger partial charge in [-0.2, -0.15) is 0 Å². The monoisotopic (exact) mass is 358 g/mol. The van der Waals surface area contributed by atoms with E-state index in [2.05, 4.69) is 10.6 Å². The Morgan fingerprint density at radius 3 is 1.78 bits per heavy atom. The van der Waals surface area contributed by atoms with Gasteiger partial charge < -0.3 is 10.6 Å². The molecule has 27 heavy (non-hydrogen) atoms. The number of para-hydroxylation sites is 1. The molecule has 0 spiro atoms. The van der Waals surface area contributed by atoms with Crippen molar-refractivity contribution in [3.63, 3.8) is 0 Å². The summed E-state index contributed by atoms with van der Waals surface area (Å²) in [5.74, 6) is -1.40. The first kappa shape index (κ1) is 18.4. The number of nitrogens with one attached hydrogen (secondary N) is 2. The number of hydrogen-bond donors (Lipinski definition) is 2. The molecule has 0 heterocycles. The van der Waals surface area contributed by atoms with Crippen LogP contribution < -0.4 is 10.6 Å². The molecule has 0 radical (unpaired) electrons. The minimum Gasteiger partial charge on any atom is -0.351 e. The first-order chi connectivity index (χ1) is 13.2. The molecule has 0 saturated heterocycles. The van der Waals surface area contributed by atoms with E-state index in [0.29, 0.717) is 18.7 Å². The van der Waals surface area contributed by atoms with Gasteiger partial charge in [0.2, 0.25) is 11.8 Å². The Balaban J connectivity index is 1.72. The molecule has 0 aromatic heterocycles. The number of carbonyl (C=O) groups excluding carboxylic acids is 2. The van der Waals surface area contributed by atoms with Gasteiger partial charge in [0.1, 0.15) is 5.92 Å². The van der Waals surface area contributed by atoms with Gasteiger partial charge in [0.25, 0.3) is 0 Å². The van der Waals surface area contributed by atoms with Gasteiger partial charge in [-0.1, -0.05) is 78.9 Å². The van der Waals surface area contributed by atoms with Gasteiger partial charge in [-0.3, -0.25) is 9.59 Å². The Hall–Kier alpha value is -3.40. The molecule has 136 valence electrons. The maximum atomic E-state index is 12.8. The highest BCUT2D eigenvalue weighted by atomic mass is 16.2. The number of benzene rings is 3. The van der Waals surface area contributed by atoms with Crippen molar-refractivity contribution >= 4 is 17.5 Å². The van der Waals surface area contributed by atoms with Crippen LogP contribution in [0.3, 0.4) is 0 Å². The Bertz CT molecular complexity index is 865. The lowest BCUT2D eigenvalue weighted by Gasteiger charge is -2.17. The molecular formula is C23H22N2O2. The van der Waals surface area contributed by atoms with E-state index in [9.17, 15) is 9.59 Å². The van der Waals surface area contributed by atoms with E-state index in [0.717, 1.165) is 11.1 Å². The molecule has 3 aromatic rings. The summed E-state index contributed by atoms with van der Waals surface area (Å²) in [4.78, 5) is 25.6. The van der Waals surface area contributed by atoms with E-state index in [4.69, 9.17) is 0 Å². The van der Waals surface area contributed by atoms with E-state index in [1.807, 2.05) is 78.9 Å². The van der Waals surface area contributed by atoms with Crippen LogP contribution in [0.5, 0.6) is 0 Å². The molecule has 0 fully saturated rings. The summed E-state index contributed by atoms with van der Waals surface area (Å²) >= 11 is 0. The minimum atomic E-state index is -0.809. The number of anilines is 1. The van der Waals surface area contributed by atoms with Crippen molar-refractivity contribution in [1.29, 1.82) is 0 Å². The lowest BCUT2D eigenvalue weighted by Crippen LogP contribution is -2.39.